The van der Waals surface area contributed by atoms with Crippen LogP contribution in [-0.4, -0.2) is 57.8 Å². The van der Waals surface area contributed by atoms with E-state index in [1.165, 1.54) is 11.8 Å². The molecule has 0 unspecified atom stereocenters. The molecule has 27 heavy (non-hydrogen) atoms. The number of carbonyl (C=O) groups excluding carboxylic acids is 2. The average molecular weight is 410 g/mol. The van der Waals surface area contributed by atoms with E-state index in [0.717, 1.165) is 12.8 Å². The molecule has 10 heteroatoms. The van der Waals surface area contributed by atoms with E-state index in [0.29, 0.717) is 40.4 Å². The number of carbonyl (C=O) groups is 2. The van der Waals surface area contributed by atoms with Gasteiger partial charge in [-0.15, -0.1) is 5.10 Å². The molecule has 0 aliphatic carbocycles. The number of methoxy groups -OCH3 is 1. The third-order valence-electron chi connectivity index (χ3n) is 4.38. The van der Waals surface area contributed by atoms with Crippen molar-refractivity contribution in [2.24, 2.45) is 11.7 Å². The normalized spacial score (nSPS) is 17.0. The van der Waals surface area contributed by atoms with Crippen LogP contribution in [0.4, 0.5) is 0 Å². The Morgan fingerprint density at radius 3 is 3.04 bits per heavy atom. The molecule has 2 aromatic rings. The highest BCUT2D eigenvalue weighted by Crippen LogP contribution is 2.31. The second-order valence-electron chi connectivity index (χ2n) is 6.18. The molecule has 2 amide bonds. The highest BCUT2D eigenvalue weighted by Gasteiger charge is 2.27. The third-order valence-corrected chi connectivity index (χ3v) is 5.45. The Morgan fingerprint density at radius 1 is 1.48 bits per heavy atom. The molecule has 1 aliphatic rings. The molecule has 3 rings (SSSR count). The standard InChI is InChI=1S/C17H20ClN5O3S/c1-26-13-5-4-11(18)7-12(13)16-20-17(22-21-16)27-9-14(24)23-6-2-3-10(8-23)15(19)25/h4-5,7,10H,2-3,6,8-9H2,1H3,(H2,19,25)(H,20,21,22)/t10-/m1/s1. The average Bonchev–Trinajstić information content (AvgIpc) is 3.15. The predicted octanol–water partition coefficient (Wildman–Crippen LogP) is 1.95. The molecule has 2 heterocycles. The zero-order chi connectivity index (χ0) is 19.4. The minimum atomic E-state index is -0.353. The third kappa shape index (κ3) is 4.72. The van der Waals surface area contributed by atoms with Gasteiger partial charge in [0.2, 0.25) is 17.0 Å². The van der Waals surface area contributed by atoms with Gasteiger partial charge in [-0.1, -0.05) is 23.4 Å². The van der Waals surface area contributed by atoms with E-state index in [9.17, 15) is 9.59 Å². The maximum atomic E-state index is 12.4. The van der Waals surface area contributed by atoms with Crippen LogP contribution in [-0.2, 0) is 9.59 Å². The number of halogens is 1. The smallest absolute Gasteiger partial charge is 0.233 e. The minimum absolute atomic E-state index is 0.0577. The first-order chi connectivity index (χ1) is 13.0. The molecule has 0 spiro atoms. The SMILES string of the molecule is COc1ccc(Cl)cc1-c1nc(SCC(=O)N2CCC[C@@H](C(N)=O)C2)n[nH]1. The van der Waals surface area contributed by atoms with Crippen LogP contribution >= 0.6 is 23.4 Å². The fourth-order valence-electron chi connectivity index (χ4n) is 2.95. The number of rotatable bonds is 6. The number of piperidine rings is 1. The summed E-state index contributed by atoms with van der Waals surface area (Å²) < 4.78 is 5.32. The molecule has 1 fully saturated rings. The molecule has 0 radical (unpaired) electrons. The van der Waals surface area contributed by atoms with Crippen molar-refractivity contribution in [1.29, 1.82) is 0 Å². The van der Waals surface area contributed by atoms with Gasteiger partial charge < -0.3 is 15.4 Å². The molecule has 3 N–H and O–H groups in total. The number of ether oxygens (including phenoxy) is 1. The van der Waals surface area contributed by atoms with Gasteiger partial charge in [0.1, 0.15) is 5.75 Å². The maximum Gasteiger partial charge on any atom is 0.233 e. The number of hydrogen-bond donors (Lipinski definition) is 2. The fraction of sp³-hybridized carbons (Fsp3) is 0.412. The molecule has 144 valence electrons. The molecule has 8 nitrogen and oxygen atoms in total. The van der Waals surface area contributed by atoms with Crippen molar-refractivity contribution in [3.63, 3.8) is 0 Å². The lowest BCUT2D eigenvalue weighted by atomic mass is 9.97. The summed E-state index contributed by atoms with van der Waals surface area (Å²) in [6.07, 6.45) is 1.52. The van der Waals surface area contributed by atoms with Crippen molar-refractivity contribution in [1.82, 2.24) is 20.1 Å². The lowest BCUT2D eigenvalue weighted by Crippen LogP contribution is -2.44. The van der Waals surface area contributed by atoms with Gasteiger partial charge in [0.05, 0.1) is 24.3 Å². The number of aromatic nitrogens is 3. The number of likely N-dealkylation sites (tertiary alicyclic amines) is 1. The van der Waals surface area contributed by atoms with Crippen LogP contribution in [0.3, 0.4) is 0 Å². The van der Waals surface area contributed by atoms with Gasteiger partial charge in [0, 0.05) is 18.1 Å². The Hall–Kier alpha value is -2.26. The topological polar surface area (TPSA) is 114 Å². The first kappa shape index (κ1) is 19.5. The zero-order valence-corrected chi connectivity index (χ0v) is 16.3. The summed E-state index contributed by atoms with van der Waals surface area (Å²) in [4.78, 5) is 29.8. The van der Waals surface area contributed by atoms with E-state index in [2.05, 4.69) is 15.2 Å². The molecule has 0 saturated carbocycles. The van der Waals surface area contributed by atoms with Crippen LogP contribution in [0, 0.1) is 5.92 Å². The van der Waals surface area contributed by atoms with Gasteiger partial charge in [0.25, 0.3) is 0 Å². The van der Waals surface area contributed by atoms with E-state index < -0.39 is 0 Å². The van der Waals surface area contributed by atoms with Crippen LogP contribution in [0.1, 0.15) is 12.8 Å². The van der Waals surface area contributed by atoms with Gasteiger partial charge in [-0.25, -0.2) is 4.98 Å². The maximum absolute atomic E-state index is 12.4. The number of nitrogens with zero attached hydrogens (tertiary/aromatic N) is 3. The zero-order valence-electron chi connectivity index (χ0n) is 14.8. The van der Waals surface area contributed by atoms with Gasteiger partial charge in [-0.05, 0) is 31.0 Å². The molecule has 1 aliphatic heterocycles. The number of aromatic amines is 1. The highest BCUT2D eigenvalue weighted by atomic mass is 35.5. The van der Waals surface area contributed by atoms with Crippen LogP contribution in [0.15, 0.2) is 23.4 Å². The van der Waals surface area contributed by atoms with Gasteiger partial charge in [-0.2, -0.15) is 0 Å². The van der Waals surface area contributed by atoms with E-state index in [4.69, 9.17) is 22.1 Å². The van der Waals surface area contributed by atoms with Crippen molar-refractivity contribution >= 4 is 35.2 Å². The number of H-pyrrole nitrogens is 1. The second-order valence-corrected chi connectivity index (χ2v) is 7.56. The molecule has 0 bridgehead atoms. The summed E-state index contributed by atoms with van der Waals surface area (Å²) >= 11 is 7.28. The molecular formula is C17H20ClN5O3S. The number of nitrogens with two attached hydrogens (primary N) is 1. The summed E-state index contributed by atoms with van der Waals surface area (Å²) in [5, 5.41) is 7.99. The number of nitrogens with one attached hydrogen (secondary N) is 1. The summed E-state index contributed by atoms with van der Waals surface area (Å²) in [6, 6.07) is 5.22. The fourth-order valence-corrected chi connectivity index (χ4v) is 3.82. The van der Waals surface area contributed by atoms with Crippen molar-refractivity contribution in [2.45, 2.75) is 18.0 Å². The quantitative estimate of drug-likeness (QED) is 0.705. The molecular weight excluding hydrogens is 390 g/mol. The number of benzene rings is 1. The second kappa shape index (κ2) is 8.62. The van der Waals surface area contributed by atoms with Crippen molar-refractivity contribution < 1.29 is 14.3 Å². The van der Waals surface area contributed by atoms with Crippen molar-refractivity contribution in [2.75, 3.05) is 26.0 Å². The van der Waals surface area contributed by atoms with Gasteiger partial charge >= 0.3 is 0 Å². The van der Waals surface area contributed by atoms with E-state index in [1.807, 2.05) is 0 Å². The first-order valence-electron chi connectivity index (χ1n) is 8.44. The number of thioether (sulfide) groups is 1. The number of primary amides is 1. The monoisotopic (exact) mass is 409 g/mol. The Kier molecular flexibility index (Phi) is 6.22. The Labute approximate surface area is 165 Å². The first-order valence-corrected chi connectivity index (χ1v) is 9.80. The molecule has 1 aromatic heterocycles. The van der Waals surface area contributed by atoms with Crippen LogP contribution in [0.2, 0.25) is 5.02 Å². The lowest BCUT2D eigenvalue weighted by molar-refractivity contribution is -0.132. The highest BCUT2D eigenvalue weighted by molar-refractivity contribution is 7.99. The summed E-state index contributed by atoms with van der Waals surface area (Å²) in [5.41, 5.74) is 6.05. The van der Waals surface area contributed by atoms with E-state index in [1.54, 1.807) is 30.2 Å². The Bertz CT molecular complexity index is 844. The summed E-state index contributed by atoms with van der Waals surface area (Å²) in [7, 11) is 1.56. The predicted molar refractivity (Wildman–Crippen MR) is 103 cm³/mol. The molecule has 1 aromatic carbocycles. The van der Waals surface area contributed by atoms with Crippen molar-refractivity contribution in [3.05, 3.63) is 23.2 Å². The lowest BCUT2D eigenvalue weighted by Gasteiger charge is -2.31. The van der Waals surface area contributed by atoms with E-state index >= 15 is 0 Å². The molecule has 1 saturated heterocycles. The Balaban J connectivity index is 1.62. The largest absolute Gasteiger partial charge is 0.496 e. The summed E-state index contributed by atoms with van der Waals surface area (Å²) in [5.74, 6) is 0.644. The number of amides is 2. The van der Waals surface area contributed by atoms with Gasteiger partial charge in [0.15, 0.2) is 5.82 Å². The number of hydrogen-bond acceptors (Lipinski definition) is 6. The van der Waals surface area contributed by atoms with Crippen LogP contribution in [0.5, 0.6) is 5.75 Å². The van der Waals surface area contributed by atoms with Crippen LogP contribution < -0.4 is 10.5 Å². The Morgan fingerprint density at radius 2 is 2.30 bits per heavy atom. The molecule has 1 atom stereocenters. The van der Waals surface area contributed by atoms with Crippen molar-refractivity contribution in [3.8, 4) is 17.1 Å². The van der Waals surface area contributed by atoms with Crippen LogP contribution in [0.25, 0.3) is 11.4 Å². The minimum Gasteiger partial charge on any atom is -0.496 e. The summed E-state index contributed by atoms with van der Waals surface area (Å²) in [6.45, 7) is 1.02. The van der Waals surface area contributed by atoms with E-state index in [-0.39, 0.29) is 23.5 Å². The van der Waals surface area contributed by atoms with Gasteiger partial charge in [-0.3, -0.25) is 14.7 Å².